The molecule has 0 bridgehead atoms. The van der Waals surface area contributed by atoms with Crippen molar-refractivity contribution in [2.45, 2.75) is 0 Å². The summed E-state index contributed by atoms with van der Waals surface area (Å²) in [5.74, 6) is 0.461. The number of ether oxygens (including phenoxy) is 1. The van der Waals surface area contributed by atoms with Gasteiger partial charge in [-0.25, -0.2) is 4.39 Å². The van der Waals surface area contributed by atoms with Crippen molar-refractivity contribution in [3.63, 3.8) is 0 Å². The van der Waals surface area contributed by atoms with Gasteiger partial charge in [0, 0.05) is 5.56 Å². The molecular formula is C16H9FN2O. The minimum absolute atomic E-state index is 0.156. The van der Waals surface area contributed by atoms with Crippen LogP contribution < -0.4 is 4.74 Å². The topological polar surface area (TPSA) is 56.9 Å². The molecular weight excluding hydrogens is 255 g/mol. The first-order chi connectivity index (χ1) is 9.67. The van der Waals surface area contributed by atoms with Crippen LogP contribution in [0.4, 0.5) is 4.39 Å². The van der Waals surface area contributed by atoms with E-state index in [1.807, 2.05) is 6.07 Å². The Hall–Kier alpha value is -2.93. The van der Waals surface area contributed by atoms with E-state index in [0.29, 0.717) is 22.6 Å². The molecule has 1 aliphatic heterocycles. The second-order valence-corrected chi connectivity index (χ2v) is 4.36. The summed E-state index contributed by atoms with van der Waals surface area (Å²) < 4.78 is 18.7. The Morgan fingerprint density at radius 1 is 1.15 bits per heavy atom. The van der Waals surface area contributed by atoms with Crippen LogP contribution >= 0.6 is 0 Å². The molecule has 1 heterocycles. The summed E-state index contributed by atoms with van der Waals surface area (Å²) in [6.45, 7) is 0. The fraction of sp³-hybridized carbons (Fsp3) is 0. The van der Waals surface area contributed by atoms with Crippen LogP contribution in [0.25, 0.3) is 6.08 Å². The van der Waals surface area contributed by atoms with E-state index in [-0.39, 0.29) is 5.71 Å². The van der Waals surface area contributed by atoms with Gasteiger partial charge in [0.15, 0.2) is 5.76 Å². The van der Waals surface area contributed by atoms with Gasteiger partial charge < -0.3 is 4.74 Å². The standard InChI is InChI=1S/C16H9FN2O/c17-12-5-6-14-13(8-12)16(19)15(20-14)7-10-1-3-11(9-18)4-2-10/h1-8,19H/b15-7-,19-16?. The Morgan fingerprint density at radius 2 is 1.90 bits per heavy atom. The molecule has 2 aromatic rings. The first-order valence-electron chi connectivity index (χ1n) is 5.96. The normalized spacial score (nSPS) is 14.8. The quantitative estimate of drug-likeness (QED) is 0.857. The van der Waals surface area contributed by atoms with Crippen LogP contribution in [-0.2, 0) is 0 Å². The highest BCUT2D eigenvalue weighted by atomic mass is 19.1. The fourth-order valence-corrected chi connectivity index (χ4v) is 2.00. The smallest absolute Gasteiger partial charge is 0.153 e. The van der Waals surface area contributed by atoms with Gasteiger partial charge in [-0.15, -0.1) is 0 Å². The summed E-state index contributed by atoms with van der Waals surface area (Å²) in [5.41, 5.74) is 1.99. The molecule has 96 valence electrons. The number of nitriles is 1. The predicted molar refractivity (Wildman–Crippen MR) is 73.0 cm³/mol. The SMILES string of the molecule is N#Cc1ccc(/C=C2\Oc3ccc(F)cc3C2=N)cc1. The maximum atomic E-state index is 13.2. The summed E-state index contributed by atoms with van der Waals surface area (Å²) in [6, 6.07) is 13.1. The number of fused-ring (bicyclic) bond motifs is 1. The van der Waals surface area contributed by atoms with Crippen molar-refractivity contribution in [3.8, 4) is 11.8 Å². The molecule has 0 fully saturated rings. The zero-order valence-corrected chi connectivity index (χ0v) is 10.4. The second kappa shape index (κ2) is 4.63. The van der Waals surface area contributed by atoms with Crippen LogP contribution in [0.3, 0.4) is 0 Å². The van der Waals surface area contributed by atoms with Crippen LogP contribution in [0, 0.1) is 22.6 Å². The number of hydrogen-bond acceptors (Lipinski definition) is 3. The molecule has 0 spiro atoms. The fourth-order valence-electron chi connectivity index (χ4n) is 2.00. The molecule has 3 nitrogen and oxygen atoms in total. The summed E-state index contributed by atoms with van der Waals surface area (Å²) in [5, 5.41) is 16.7. The Labute approximate surface area is 115 Å². The minimum atomic E-state index is -0.392. The maximum Gasteiger partial charge on any atom is 0.153 e. The molecule has 20 heavy (non-hydrogen) atoms. The number of halogens is 1. The van der Waals surface area contributed by atoms with Gasteiger partial charge in [-0.2, -0.15) is 5.26 Å². The van der Waals surface area contributed by atoms with Crippen LogP contribution in [-0.4, -0.2) is 5.71 Å². The average Bonchev–Trinajstić information content (AvgIpc) is 2.76. The highest BCUT2D eigenvalue weighted by Crippen LogP contribution is 2.32. The lowest BCUT2D eigenvalue weighted by Crippen LogP contribution is -1.98. The van der Waals surface area contributed by atoms with Crippen molar-refractivity contribution in [2.24, 2.45) is 0 Å². The highest BCUT2D eigenvalue weighted by Gasteiger charge is 2.24. The van der Waals surface area contributed by atoms with Gasteiger partial charge in [0.1, 0.15) is 17.3 Å². The number of allylic oxidation sites excluding steroid dienone is 1. The summed E-state index contributed by atoms with van der Waals surface area (Å²) in [6.07, 6.45) is 1.70. The van der Waals surface area contributed by atoms with Crippen molar-refractivity contribution in [1.29, 1.82) is 10.7 Å². The Bertz CT molecular complexity index is 770. The van der Waals surface area contributed by atoms with E-state index >= 15 is 0 Å². The molecule has 2 aromatic carbocycles. The molecule has 1 N–H and O–H groups in total. The van der Waals surface area contributed by atoms with E-state index in [2.05, 4.69) is 0 Å². The molecule has 0 radical (unpaired) electrons. The van der Waals surface area contributed by atoms with Crippen molar-refractivity contribution >= 4 is 11.8 Å². The first kappa shape index (κ1) is 12.1. The predicted octanol–water partition coefficient (Wildman–Crippen LogP) is 3.50. The zero-order chi connectivity index (χ0) is 14.1. The van der Waals surface area contributed by atoms with Crippen LogP contribution in [0.15, 0.2) is 48.2 Å². The van der Waals surface area contributed by atoms with Gasteiger partial charge in [-0.05, 0) is 42.0 Å². The molecule has 1 aliphatic rings. The minimum Gasteiger partial charge on any atom is -0.454 e. The summed E-state index contributed by atoms with van der Waals surface area (Å²) in [4.78, 5) is 0. The van der Waals surface area contributed by atoms with E-state index in [1.54, 1.807) is 30.3 Å². The lowest BCUT2D eigenvalue weighted by molar-refractivity contribution is 0.472. The molecule has 0 saturated carbocycles. The summed E-state index contributed by atoms with van der Waals surface area (Å²) in [7, 11) is 0. The van der Waals surface area contributed by atoms with E-state index in [9.17, 15) is 4.39 Å². The molecule has 0 aliphatic carbocycles. The molecule has 0 saturated heterocycles. The number of rotatable bonds is 1. The Kier molecular flexibility index (Phi) is 2.81. The average molecular weight is 264 g/mol. The van der Waals surface area contributed by atoms with Gasteiger partial charge in [-0.1, -0.05) is 12.1 Å². The van der Waals surface area contributed by atoms with Crippen molar-refractivity contribution in [1.82, 2.24) is 0 Å². The molecule has 0 amide bonds. The number of nitrogens with zero attached hydrogens (tertiary/aromatic N) is 1. The van der Waals surface area contributed by atoms with Crippen LogP contribution in [0.2, 0.25) is 0 Å². The van der Waals surface area contributed by atoms with E-state index in [1.165, 1.54) is 18.2 Å². The van der Waals surface area contributed by atoms with Gasteiger partial charge in [0.05, 0.1) is 11.6 Å². The lowest BCUT2D eigenvalue weighted by Gasteiger charge is -1.99. The van der Waals surface area contributed by atoms with Gasteiger partial charge in [-0.3, -0.25) is 5.41 Å². The number of nitrogens with one attached hydrogen (secondary N) is 1. The molecule has 3 rings (SSSR count). The third-order valence-corrected chi connectivity index (χ3v) is 3.01. The third kappa shape index (κ3) is 2.06. The second-order valence-electron chi connectivity index (χ2n) is 4.36. The van der Waals surface area contributed by atoms with Gasteiger partial charge in [0.2, 0.25) is 0 Å². The first-order valence-corrected chi connectivity index (χ1v) is 5.96. The van der Waals surface area contributed by atoms with Crippen molar-refractivity contribution in [2.75, 3.05) is 0 Å². The van der Waals surface area contributed by atoms with E-state index in [0.717, 1.165) is 5.56 Å². The molecule has 0 aromatic heterocycles. The monoisotopic (exact) mass is 264 g/mol. The van der Waals surface area contributed by atoms with Crippen LogP contribution in [0.1, 0.15) is 16.7 Å². The lowest BCUT2D eigenvalue weighted by atomic mass is 10.1. The number of benzene rings is 2. The van der Waals surface area contributed by atoms with Gasteiger partial charge >= 0.3 is 0 Å². The van der Waals surface area contributed by atoms with E-state index in [4.69, 9.17) is 15.4 Å². The Balaban J connectivity index is 1.95. The largest absolute Gasteiger partial charge is 0.454 e. The summed E-state index contributed by atoms with van der Waals surface area (Å²) >= 11 is 0. The molecule has 0 atom stereocenters. The van der Waals surface area contributed by atoms with Crippen molar-refractivity contribution in [3.05, 3.63) is 70.7 Å². The third-order valence-electron chi connectivity index (χ3n) is 3.01. The molecule has 0 unspecified atom stereocenters. The molecule has 4 heteroatoms. The maximum absolute atomic E-state index is 13.2. The van der Waals surface area contributed by atoms with Crippen LogP contribution in [0.5, 0.6) is 5.75 Å². The number of hydrogen-bond donors (Lipinski definition) is 1. The van der Waals surface area contributed by atoms with Crippen molar-refractivity contribution < 1.29 is 9.13 Å². The van der Waals surface area contributed by atoms with E-state index < -0.39 is 5.82 Å². The van der Waals surface area contributed by atoms with Gasteiger partial charge in [0.25, 0.3) is 0 Å². The Morgan fingerprint density at radius 3 is 2.60 bits per heavy atom. The zero-order valence-electron chi connectivity index (χ0n) is 10.4. The highest BCUT2D eigenvalue weighted by molar-refractivity contribution is 6.16.